The van der Waals surface area contributed by atoms with Crippen LogP contribution in [0.25, 0.3) is 0 Å². The van der Waals surface area contributed by atoms with Gasteiger partial charge >= 0.3 is 5.97 Å². The Morgan fingerprint density at radius 2 is 2.14 bits per heavy atom. The maximum Gasteiger partial charge on any atom is 0.323 e. The highest BCUT2D eigenvalue weighted by Gasteiger charge is 2.40. The SMILES string of the molecule is Cc1cccc(OC(C)CC(C)(NC2CC2)C(=O)O)c1C. The minimum absolute atomic E-state index is 0.169. The molecule has 4 heteroatoms. The van der Waals surface area contributed by atoms with Crippen molar-refractivity contribution in [3.8, 4) is 5.75 Å². The Hall–Kier alpha value is -1.55. The van der Waals surface area contributed by atoms with Crippen LogP contribution in [0.1, 0.15) is 44.2 Å². The minimum atomic E-state index is -0.932. The van der Waals surface area contributed by atoms with Gasteiger partial charge in [0.2, 0.25) is 0 Å². The van der Waals surface area contributed by atoms with Crippen molar-refractivity contribution >= 4 is 5.97 Å². The number of ether oxygens (including phenoxy) is 1. The monoisotopic (exact) mass is 291 g/mol. The normalized spacial score (nSPS) is 18.9. The molecule has 0 spiro atoms. The van der Waals surface area contributed by atoms with Gasteiger partial charge in [-0.3, -0.25) is 10.1 Å². The van der Waals surface area contributed by atoms with Gasteiger partial charge in [-0.05, 0) is 57.7 Å². The molecule has 116 valence electrons. The van der Waals surface area contributed by atoms with Crippen LogP contribution in [0.15, 0.2) is 18.2 Å². The lowest BCUT2D eigenvalue weighted by Gasteiger charge is -2.30. The van der Waals surface area contributed by atoms with E-state index >= 15 is 0 Å². The van der Waals surface area contributed by atoms with Crippen LogP contribution in [0.3, 0.4) is 0 Å². The highest BCUT2D eigenvalue weighted by atomic mass is 16.5. The Morgan fingerprint density at radius 1 is 1.48 bits per heavy atom. The summed E-state index contributed by atoms with van der Waals surface area (Å²) in [5.41, 5.74) is 1.35. The molecule has 1 aromatic carbocycles. The molecular weight excluding hydrogens is 266 g/mol. The summed E-state index contributed by atoms with van der Waals surface area (Å²) in [5, 5.41) is 12.7. The van der Waals surface area contributed by atoms with Crippen LogP contribution in [0.4, 0.5) is 0 Å². The van der Waals surface area contributed by atoms with E-state index in [1.807, 2.05) is 39.0 Å². The zero-order chi connectivity index (χ0) is 15.6. The number of aryl methyl sites for hydroxylation is 1. The van der Waals surface area contributed by atoms with Crippen molar-refractivity contribution < 1.29 is 14.6 Å². The molecule has 1 aromatic rings. The summed E-state index contributed by atoms with van der Waals surface area (Å²) in [4.78, 5) is 11.6. The van der Waals surface area contributed by atoms with Gasteiger partial charge in [0.25, 0.3) is 0 Å². The molecule has 1 saturated carbocycles. The van der Waals surface area contributed by atoms with E-state index in [1.165, 1.54) is 5.56 Å². The van der Waals surface area contributed by atoms with Crippen LogP contribution < -0.4 is 10.1 Å². The molecule has 1 fully saturated rings. The predicted molar refractivity (Wildman–Crippen MR) is 82.8 cm³/mol. The Balaban J connectivity index is 2.03. The zero-order valence-corrected chi connectivity index (χ0v) is 13.3. The highest BCUT2D eigenvalue weighted by Crippen LogP contribution is 2.27. The Labute approximate surface area is 126 Å². The lowest BCUT2D eigenvalue weighted by molar-refractivity contribution is -0.145. The van der Waals surface area contributed by atoms with Crippen LogP contribution in [0, 0.1) is 13.8 Å². The third-order valence-electron chi connectivity index (χ3n) is 4.15. The van der Waals surface area contributed by atoms with Gasteiger partial charge in [-0.15, -0.1) is 0 Å². The molecule has 4 nitrogen and oxygen atoms in total. The molecule has 0 aromatic heterocycles. The fourth-order valence-corrected chi connectivity index (χ4v) is 2.57. The van der Waals surface area contributed by atoms with Crippen molar-refractivity contribution in [1.29, 1.82) is 0 Å². The van der Waals surface area contributed by atoms with Crippen molar-refractivity contribution in [2.45, 2.75) is 64.6 Å². The van der Waals surface area contributed by atoms with E-state index in [2.05, 4.69) is 5.32 Å². The highest BCUT2D eigenvalue weighted by molar-refractivity contribution is 5.78. The van der Waals surface area contributed by atoms with Gasteiger partial charge in [-0.25, -0.2) is 0 Å². The summed E-state index contributed by atoms with van der Waals surface area (Å²) in [6.45, 7) is 7.74. The number of carboxylic acid groups (broad SMARTS) is 1. The number of rotatable bonds is 7. The Morgan fingerprint density at radius 3 is 2.71 bits per heavy atom. The first-order chi connectivity index (χ1) is 9.82. The number of hydrogen-bond donors (Lipinski definition) is 2. The van der Waals surface area contributed by atoms with E-state index in [1.54, 1.807) is 6.92 Å². The first-order valence-corrected chi connectivity index (χ1v) is 7.56. The van der Waals surface area contributed by atoms with Gasteiger partial charge in [-0.1, -0.05) is 12.1 Å². The topological polar surface area (TPSA) is 58.6 Å². The first-order valence-electron chi connectivity index (χ1n) is 7.56. The smallest absolute Gasteiger partial charge is 0.323 e. The van der Waals surface area contributed by atoms with E-state index in [9.17, 15) is 9.90 Å². The number of hydrogen-bond acceptors (Lipinski definition) is 3. The third-order valence-corrected chi connectivity index (χ3v) is 4.15. The second-order valence-electron chi connectivity index (χ2n) is 6.39. The Kier molecular flexibility index (Phi) is 4.57. The zero-order valence-electron chi connectivity index (χ0n) is 13.3. The first kappa shape index (κ1) is 15.8. The molecule has 0 bridgehead atoms. The number of benzene rings is 1. The lowest BCUT2D eigenvalue weighted by atomic mass is 9.94. The van der Waals surface area contributed by atoms with Crippen molar-refractivity contribution in [2.24, 2.45) is 0 Å². The Bertz CT molecular complexity index is 525. The number of aliphatic carboxylic acids is 1. The van der Waals surface area contributed by atoms with E-state index in [0.29, 0.717) is 12.5 Å². The van der Waals surface area contributed by atoms with E-state index in [4.69, 9.17) is 4.74 Å². The van der Waals surface area contributed by atoms with Gasteiger partial charge in [0, 0.05) is 12.5 Å². The standard InChI is InChI=1S/C17H25NO3/c1-11-6-5-7-15(13(11)3)21-12(2)10-17(4,16(19)20)18-14-8-9-14/h5-7,12,14,18H,8-10H2,1-4H3,(H,19,20). The number of nitrogens with one attached hydrogen (secondary N) is 1. The molecule has 2 atom stereocenters. The van der Waals surface area contributed by atoms with Crippen molar-refractivity contribution in [2.75, 3.05) is 0 Å². The van der Waals surface area contributed by atoms with Crippen LogP contribution in [0.5, 0.6) is 5.75 Å². The third kappa shape index (κ3) is 3.97. The molecule has 2 unspecified atom stereocenters. The average molecular weight is 291 g/mol. The second kappa shape index (κ2) is 6.06. The second-order valence-corrected chi connectivity index (χ2v) is 6.39. The van der Waals surface area contributed by atoms with Gasteiger partial charge in [0.15, 0.2) is 0 Å². The van der Waals surface area contributed by atoms with Crippen LogP contribution in [-0.2, 0) is 4.79 Å². The molecule has 21 heavy (non-hydrogen) atoms. The van der Waals surface area contributed by atoms with E-state index < -0.39 is 11.5 Å². The van der Waals surface area contributed by atoms with Gasteiger partial charge in [-0.2, -0.15) is 0 Å². The van der Waals surface area contributed by atoms with E-state index in [0.717, 1.165) is 24.2 Å². The molecule has 0 heterocycles. The van der Waals surface area contributed by atoms with Crippen molar-refractivity contribution in [3.63, 3.8) is 0 Å². The molecule has 1 aliphatic rings. The lowest BCUT2D eigenvalue weighted by Crippen LogP contribution is -2.52. The summed E-state index contributed by atoms with van der Waals surface area (Å²) < 4.78 is 5.97. The maximum absolute atomic E-state index is 11.6. The summed E-state index contributed by atoms with van der Waals surface area (Å²) in [6, 6.07) is 6.29. The maximum atomic E-state index is 11.6. The van der Waals surface area contributed by atoms with Crippen molar-refractivity contribution in [3.05, 3.63) is 29.3 Å². The number of carbonyl (C=O) groups is 1. The predicted octanol–water partition coefficient (Wildman–Crippen LogP) is 3.06. The van der Waals surface area contributed by atoms with Gasteiger partial charge < -0.3 is 9.84 Å². The van der Waals surface area contributed by atoms with Crippen LogP contribution >= 0.6 is 0 Å². The summed E-state index contributed by atoms with van der Waals surface area (Å²) in [7, 11) is 0. The van der Waals surface area contributed by atoms with Crippen LogP contribution in [-0.4, -0.2) is 28.8 Å². The molecular formula is C17H25NO3. The largest absolute Gasteiger partial charge is 0.490 e. The number of carboxylic acids is 1. The molecule has 2 N–H and O–H groups in total. The van der Waals surface area contributed by atoms with E-state index in [-0.39, 0.29) is 6.10 Å². The molecule has 0 aliphatic heterocycles. The quantitative estimate of drug-likeness (QED) is 0.810. The van der Waals surface area contributed by atoms with Crippen LogP contribution in [0.2, 0.25) is 0 Å². The summed E-state index contributed by atoms with van der Waals surface area (Å²) in [5.74, 6) is 0.0208. The average Bonchev–Trinajstić information content (AvgIpc) is 3.18. The minimum Gasteiger partial charge on any atom is -0.490 e. The fraction of sp³-hybridized carbons (Fsp3) is 0.588. The summed E-state index contributed by atoms with van der Waals surface area (Å²) in [6.07, 6.45) is 2.40. The molecule has 0 radical (unpaired) electrons. The molecule has 0 amide bonds. The fourth-order valence-electron chi connectivity index (χ4n) is 2.57. The van der Waals surface area contributed by atoms with Gasteiger partial charge in [0.1, 0.15) is 11.3 Å². The summed E-state index contributed by atoms with van der Waals surface area (Å²) >= 11 is 0. The molecule has 1 aliphatic carbocycles. The molecule has 2 rings (SSSR count). The van der Waals surface area contributed by atoms with Crippen molar-refractivity contribution in [1.82, 2.24) is 5.32 Å². The van der Waals surface area contributed by atoms with Gasteiger partial charge in [0.05, 0.1) is 6.10 Å². The molecule has 0 saturated heterocycles.